The average Bonchev–Trinajstić information content (AvgIpc) is 2.63. The number of aromatic nitrogens is 1. The van der Waals surface area contributed by atoms with Gasteiger partial charge in [0.2, 0.25) is 0 Å². The third-order valence-corrected chi connectivity index (χ3v) is 5.66. The quantitative estimate of drug-likeness (QED) is 0.689. The monoisotopic (exact) mass is 387 g/mol. The highest BCUT2D eigenvalue weighted by molar-refractivity contribution is 7.92. The Morgan fingerprint density at radius 3 is 2.35 bits per heavy atom. The zero-order valence-corrected chi connectivity index (χ0v) is 15.7. The third-order valence-electron chi connectivity index (χ3n) is 3.78. The van der Waals surface area contributed by atoms with Gasteiger partial charge in [0.25, 0.3) is 10.0 Å². The predicted octanol–water partition coefficient (Wildman–Crippen LogP) is 4.17. The van der Waals surface area contributed by atoms with Gasteiger partial charge in [0.05, 0.1) is 16.9 Å². The van der Waals surface area contributed by atoms with Crippen molar-refractivity contribution >= 4 is 33.1 Å². The smallest absolute Gasteiger partial charge is 0.263 e. The summed E-state index contributed by atoms with van der Waals surface area (Å²) in [5.74, 6) is 0.745. The van der Waals surface area contributed by atoms with Crippen LogP contribution in [0.3, 0.4) is 0 Å². The highest BCUT2D eigenvalue weighted by Crippen LogP contribution is 2.23. The molecule has 134 valence electrons. The van der Waals surface area contributed by atoms with Crippen LogP contribution in [0.4, 0.5) is 11.5 Å². The summed E-state index contributed by atoms with van der Waals surface area (Å²) in [5.41, 5.74) is 1.54. The van der Waals surface area contributed by atoms with Crippen molar-refractivity contribution in [1.82, 2.24) is 4.98 Å². The summed E-state index contributed by atoms with van der Waals surface area (Å²) < 4.78 is 27.4. The maximum absolute atomic E-state index is 12.4. The van der Waals surface area contributed by atoms with E-state index in [4.69, 9.17) is 11.6 Å². The minimum atomic E-state index is -3.76. The van der Waals surface area contributed by atoms with Crippen LogP contribution < -0.4 is 9.62 Å². The lowest BCUT2D eigenvalue weighted by atomic mass is 10.2. The number of hydrogen-bond acceptors (Lipinski definition) is 4. The Balaban J connectivity index is 1.72. The van der Waals surface area contributed by atoms with Gasteiger partial charge in [-0.25, -0.2) is 13.4 Å². The molecule has 0 aliphatic rings. The molecule has 2 aromatic carbocycles. The highest BCUT2D eigenvalue weighted by Gasteiger charge is 2.17. The molecule has 0 fully saturated rings. The van der Waals surface area contributed by atoms with E-state index in [0.29, 0.717) is 12.2 Å². The van der Waals surface area contributed by atoms with Gasteiger partial charge in [-0.15, -0.1) is 0 Å². The minimum absolute atomic E-state index is 0.0342. The second kappa shape index (κ2) is 7.76. The number of anilines is 2. The van der Waals surface area contributed by atoms with Crippen LogP contribution in [-0.4, -0.2) is 20.4 Å². The normalized spacial score (nSPS) is 11.2. The number of hydrogen-bond donors (Lipinski definition) is 1. The molecule has 0 bridgehead atoms. The first-order valence-electron chi connectivity index (χ1n) is 7.94. The number of pyridine rings is 1. The van der Waals surface area contributed by atoms with Crippen molar-refractivity contribution in [3.63, 3.8) is 0 Å². The van der Waals surface area contributed by atoms with E-state index in [1.807, 2.05) is 42.3 Å². The lowest BCUT2D eigenvalue weighted by Crippen LogP contribution is -2.18. The van der Waals surface area contributed by atoms with Crippen LogP contribution in [0.5, 0.6) is 0 Å². The van der Waals surface area contributed by atoms with Gasteiger partial charge in [-0.2, -0.15) is 0 Å². The molecule has 0 aliphatic heterocycles. The van der Waals surface area contributed by atoms with Crippen molar-refractivity contribution in [2.24, 2.45) is 0 Å². The summed E-state index contributed by atoms with van der Waals surface area (Å²) in [5, 5.41) is 0.173. The van der Waals surface area contributed by atoms with Crippen LogP contribution in [0.2, 0.25) is 5.02 Å². The van der Waals surface area contributed by atoms with Gasteiger partial charge in [-0.05, 0) is 29.8 Å². The van der Waals surface area contributed by atoms with Crippen LogP contribution in [0.1, 0.15) is 5.56 Å². The SMILES string of the molecule is CN(Cc1ccccc1)c1ccc(NS(=O)(=O)c2ccccc2Cl)cn1. The lowest BCUT2D eigenvalue weighted by Gasteiger charge is -2.18. The first kappa shape index (κ1) is 18.2. The number of sulfonamides is 1. The zero-order valence-electron chi connectivity index (χ0n) is 14.1. The van der Waals surface area contributed by atoms with Crippen molar-refractivity contribution in [2.75, 3.05) is 16.7 Å². The van der Waals surface area contributed by atoms with Gasteiger partial charge in [-0.3, -0.25) is 4.72 Å². The van der Waals surface area contributed by atoms with E-state index < -0.39 is 10.0 Å². The minimum Gasteiger partial charge on any atom is -0.355 e. The van der Waals surface area contributed by atoms with Crippen molar-refractivity contribution in [2.45, 2.75) is 11.4 Å². The maximum atomic E-state index is 12.4. The van der Waals surface area contributed by atoms with Crippen molar-refractivity contribution in [3.05, 3.63) is 83.5 Å². The Morgan fingerprint density at radius 1 is 1.00 bits per heavy atom. The fourth-order valence-electron chi connectivity index (χ4n) is 2.48. The van der Waals surface area contributed by atoms with Gasteiger partial charge in [0, 0.05) is 13.6 Å². The summed E-state index contributed by atoms with van der Waals surface area (Å²) >= 11 is 5.98. The number of halogens is 1. The number of nitrogens with zero attached hydrogens (tertiary/aromatic N) is 2. The van der Waals surface area contributed by atoms with Crippen molar-refractivity contribution in [1.29, 1.82) is 0 Å². The summed E-state index contributed by atoms with van der Waals surface area (Å²) in [4.78, 5) is 6.36. The summed E-state index contributed by atoms with van der Waals surface area (Å²) in [6.45, 7) is 0.707. The summed E-state index contributed by atoms with van der Waals surface area (Å²) in [6.07, 6.45) is 1.49. The number of nitrogens with one attached hydrogen (secondary N) is 1. The van der Waals surface area contributed by atoms with Crippen LogP contribution >= 0.6 is 11.6 Å². The largest absolute Gasteiger partial charge is 0.355 e. The zero-order chi connectivity index (χ0) is 18.6. The second-order valence-electron chi connectivity index (χ2n) is 5.78. The first-order valence-corrected chi connectivity index (χ1v) is 9.80. The Hall–Kier alpha value is -2.57. The summed E-state index contributed by atoms with van der Waals surface area (Å²) in [6, 6.07) is 19.8. The average molecular weight is 388 g/mol. The molecule has 0 unspecified atom stereocenters. The van der Waals surface area contributed by atoms with Crippen molar-refractivity contribution in [3.8, 4) is 0 Å². The van der Waals surface area contributed by atoms with Crippen LogP contribution in [0.25, 0.3) is 0 Å². The van der Waals surface area contributed by atoms with E-state index >= 15 is 0 Å². The molecule has 0 aliphatic carbocycles. The van der Waals surface area contributed by atoms with E-state index in [-0.39, 0.29) is 9.92 Å². The molecule has 26 heavy (non-hydrogen) atoms. The molecule has 0 saturated carbocycles. The molecule has 1 N–H and O–H groups in total. The van der Waals surface area contributed by atoms with Crippen LogP contribution in [-0.2, 0) is 16.6 Å². The Kier molecular flexibility index (Phi) is 5.44. The predicted molar refractivity (Wildman–Crippen MR) is 105 cm³/mol. The van der Waals surface area contributed by atoms with E-state index in [9.17, 15) is 8.42 Å². The van der Waals surface area contributed by atoms with E-state index in [1.54, 1.807) is 24.3 Å². The topological polar surface area (TPSA) is 62.3 Å². The Labute approximate surface area is 158 Å². The lowest BCUT2D eigenvalue weighted by molar-refractivity contribution is 0.601. The molecule has 0 saturated heterocycles. The number of rotatable bonds is 6. The third kappa shape index (κ3) is 4.33. The second-order valence-corrected chi connectivity index (χ2v) is 7.84. The molecule has 1 heterocycles. The van der Waals surface area contributed by atoms with Crippen molar-refractivity contribution < 1.29 is 8.42 Å². The molecule has 1 aromatic heterocycles. The molecule has 0 atom stereocenters. The molecule has 0 radical (unpaired) electrons. The Morgan fingerprint density at radius 2 is 1.69 bits per heavy atom. The molecule has 7 heteroatoms. The van der Waals surface area contributed by atoms with E-state index in [2.05, 4.69) is 9.71 Å². The van der Waals surface area contributed by atoms with E-state index in [0.717, 1.165) is 5.82 Å². The molecule has 0 spiro atoms. The van der Waals surface area contributed by atoms with Gasteiger partial charge in [0.15, 0.2) is 0 Å². The Bertz CT molecular complexity index is 977. The molecule has 3 rings (SSSR count). The molecular formula is C19H18ClN3O2S. The van der Waals surface area contributed by atoms with Crippen LogP contribution in [0, 0.1) is 0 Å². The van der Waals surface area contributed by atoms with Gasteiger partial charge in [-0.1, -0.05) is 54.1 Å². The maximum Gasteiger partial charge on any atom is 0.263 e. The summed E-state index contributed by atoms with van der Waals surface area (Å²) in [7, 11) is -1.83. The molecule has 3 aromatic rings. The number of benzene rings is 2. The fraction of sp³-hybridized carbons (Fsp3) is 0.105. The molecule has 5 nitrogen and oxygen atoms in total. The highest BCUT2D eigenvalue weighted by atomic mass is 35.5. The van der Waals surface area contributed by atoms with Gasteiger partial charge in [0.1, 0.15) is 10.7 Å². The fourth-order valence-corrected chi connectivity index (χ4v) is 4.05. The van der Waals surface area contributed by atoms with E-state index in [1.165, 1.54) is 23.9 Å². The first-order chi connectivity index (χ1) is 12.5. The van der Waals surface area contributed by atoms with Gasteiger partial charge >= 0.3 is 0 Å². The van der Waals surface area contributed by atoms with Gasteiger partial charge < -0.3 is 4.90 Å². The standard InChI is InChI=1S/C19H18ClN3O2S/c1-23(14-15-7-3-2-4-8-15)19-12-11-16(13-21-19)22-26(24,25)18-10-6-5-9-17(18)20/h2-13,22H,14H2,1H3. The van der Waals surface area contributed by atoms with Crippen LogP contribution in [0.15, 0.2) is 77.8 Å². The molecule has 0 amide bonds. The molecular weight excluding hydrogens is 370 g/mol.